The van der Waals surface area contributed by atoms with Crippen molar-refractivity contribution in [3.8, 4) is 11.5 Å². The average Bonchev–Trinajstić information content (AvgIpc) is 2.68. The van der Waals surface area contributed by atoms with Gasteiger partial charge in [-0.15, -0.1) is 0 Å². The van der Waals surface area contributed by atoms with Crippen molar-refractivity contribution >= 4 is 11.6 Å². The van der Waals surface area contributed by atoms with Crippen molar-refractivity contribution in [3.63, 3.8) is 0 Å². The van der Waals surface area contributed by atoms with Gasteiger partial charge in [0.2, 0.25) is 0 Å². The highest BCUT2D eigenvalue weighted by molar-refractivity contribution is 6.32. The third-order valence-electron chi connectivity index (χ3n) is 4.31. The van der Waals surface area contributed by atoms with Crippen LogP contribution in [0.5, 0.6) is 11.5 Å². The second-order valence-electron chi connectivity index (χ2n) is 6.38. The molecule has 172 valence electrons. The molecular weight excluding hydrogens is 454 g/mol. The van der Waals surface area contributed by atoms with Gasteiger partial charge in [0.1, 0.15) is 11.5 Å². The molecule has 0 bridgehead atoms. The van der Waals surface area contributed by atoms with E-state index in [1.807, 2.05) is 0 Å². The van der Waals surface area contributed by atoms with Gasteiger partial charge < -0.3 is 19.3 Å². The number of aliphatic hydroxyl groups is 1. The van der Waals surface area contributed by atoms with Crippen LogP contribution in [0.1, 0.15) is 17.5 Å². The van der Waals surface area contributed by atoms with Crippen molar-refractivity contribution in [2.75, 3.05) is 20.3 Å². The van der Waals surface area contributed by atoms with E-state index in [1.165, 1.54) is 31.4 Å². The summed E-state index contributed by atoms with van der Waals surface area (Å²) < 4.78 is 98.0. The molecule has 0 saturated heterocycles. The summed E-state index contributed by atoms with van der Waals surface area (Å²) in [5.74, 6) is 0.262. The van der Waals surface area contributed by atoms with Gasteiger partial charge in [-0.05, 0) is 29.8 Å². The Balaban J connectivity index is 2.45. The van der Waals surface area contributed by atoms with Gasteiger partial charge in [0, 0.05) is 18.6 Å². The first kappa shape index (κ1) is 25.1. The van der Waals surface area contributed by atoms with Crippen molar-refractivity contribution in [1.29, 1.82) is 0 Å². The molecule has 0 saturated carbocycles. The fourth-order valence-corrected chi connectivity index (χ4v) is 2.97. The van der Waals surface area contributed by atoms with Gasteiger partial charge >= 0.3 is 12.4 Å². The predicted molar refractivity (Wildman–Crippen MR) is 100 cm³/mol. The summed E-state index contributed by atoms with van der Waals surface area (Å²) >= 11 is 5.87. The maximum Gasteiger partial charge on any atom is 0.430 e. The topological polar surface area (TPSA) is 47.9 Å². The highest BCUT2D eigenvalue weighted by atomic mass is 35.5. The molecular formula is C20H19ClF6O4. The SMILES string of the molecule is COc1ccc(COC(c2ccc(OCCCO)c(Cl)c2)(C(F)(F)F)C(F)(F)F)cc1. The molecule has 2 rings (SSSR count). The first-order valence-corrected chi connectivity index (χ1v) is 9.28. The molecule has 0 aliphatic rings. The van der Waals surface area contributed by atoms with Crippen LogP contribution in [0.3, 0.4) is 0 Å². The zero-order valence-electron chi connectivity index (χ0n) is 16.2. The summed E-state index contributed by atoms with van der Waals surface area (Å²) in [7, 11) is 1.37. The van der Waals surface area contributed by atoms with Crippen LogP contribution < -0.4 is 9.47 Å². The highest BCUT2D eigenvalue weighted by Gasteiger charge is 2.73. The predicted octanol–water partition coefficient (Wildman–Crippen LogP) is 5.65. The van der Waals surface area contributed by atoms with Gasteiger partial charge in [0.05, 0.1) is 25.3 Å². The number of rotatable bonds is 9. The van der Waals surface area contributed by atoms with Crippen LogP contribution in [0.4, 0.5) is 26.3 Å². The Morgan fingerprint density at radius 2 is 1.55 bits per heavy atom. The summed E-state index contributed by atoms with van der Waals surface area (Å²) in [6, 6.07) is 7.38. The van der Waals surface area contributed by atoms with Crippen LogP contribution in [-0.2, 0) is 16.9 Å². The molecule has 0 unspecified atom stereocenters. The van der Waals surface area contributed by atoms with Gasteiger partial charge in [-0.2, -0.15) is 26.3 Å². The van der Waals surface area contributed by atoms with E-state index in [0.717, 1.165) is 6.07 Å². The van der Waals surface area contributed by atoms with Crippen LogP contribution in [-0.4, -0.2) is 37.8 Å². The monoisotopic (exact) mass is 472 g/mol. The number of alkyl halides is 6. The normalized spacial score (nSPS) is 12.7. The van der Waals surface area contributed by atoms with E-state index in [9.17, 15) is 26.3 Å². The van der Waals surface area contributed by atoms with E-state index in [0.29, 0.717) is 17.9 Å². The summed E-state index contributed by atoms with van der Waals surface area (Å²) in [6.07, 6.45) is -11.5. The first-order chi connectivity index (χ1) is 14.5. The largest absolute Gasteiger partial charge is 0.497 e. The van der Waals surface area contributed by atoms with Gasteiger partial charge in [0.15, 0.2) is 0 Å². The number of hydrogen-bond acceptors (Lipinski definition) is 4. The molecule has 0 radical (unpaired) electrons. The molecule has 4 nitrogen and oxygen atoms in total. The van der Waals surface area contributed by atoms with Crippen LogP contribution >= 0.6 is 11.6 Å². The molecule has 0 aliphatic carbocycles. The Morgan fingerprint density at radius 3 is 2.03 bits per heavy atom. The third kappa shape index (κ3) is 5.55. The van der Waals surface area contributed by atoms with E-state index in [-0.39, 0.29) is 30.9 Å². The molecule has 0 fully saturated rings. The minimum Gasteiger partial charge on any atom is -0.497 e. The average molecular weight is 473 g/mol. The van der Waals surface area contributed by atoms with E-state index in [1.54, 1.807) is 0 Å². The molecule has 0 amide bonds. The van der Waals surface area contributed by atoms with Crippen LogP contribution in [0.15, 0.2) is 42.5 Å². The minimum absolute atomic E-state index is 0.0206. The fourth-order valence-electron chi connectivity index (χ4n) is 2.73. The Bertz CT molecular complexity index is 838. The van der Waals surface area contributed by atoms with Gasteiger partial charge in [-0.3, -0.25) is 0 Å². The summed E-state index contributed by atoms with van der Waals surface area (Å²) in [4.78, 5) is 0. The lowest BCUT2D eigenvalue weighted by atomic mass is 9.91. The minimum atomic E-state index is -5.85. The quantitative estimate of drug-likeness (QED) is 0.379. The summed E-state index contributed by atoms with van der Waals surface area (Å²) in [6.45, 7) is -1.21. The first-order valence-electron chi connectivity index (χ1n) is 8.90. The van der Waals surface area contributed by atoms with E-state index in [2.05, 4.69) is 4.74 Å². The molecule has 31 heavy (non-hydrogen) atoms. The van der Waals surface area contributed by atoms with Gasteiger partial charge in [-0.1, -0.05) is 29.8 Å². The number of hydrogen-bond donors (Lipinski definition) is 1. The Morgan fingerprint density at radius 1 is 0.935 bits per heavy atom. The molecule has 0 aliphatic heterocycles. The second-order valence-corrected chi connectivity index (χ2v) is 6.79. The number of benzene rings is 2. The van der Waals surface area contributed by atoms with Crippen molar-refractivity contribution in [3.05, 3.63) is 58.6 Å². The maximum atomic E-state index is 13.9. The van der Waals surface area contributed by atoms with E-state index in [4.69, 9.17) is 26.2 Å². The van der Waals surface area contributed by atoms with Crippen LogP contribution in [0, 0.1) is 0 Å². The molecule has 11 heteroatoms. The molecule has 2 aromatic rings. The Hall–Kier alpha value is -2.17. The van der Waals surface area contributed by atoms with Crippen molar-refractivity contribution in [2.45, 2.75) is 31.0 Å². The standard InChI is InChI=1S/C20H19ClF6O4/c1-29-15-6-3-13(4-7-15)12-31-18(19(22,23)24,20(25,26)27)14-5-8-17(16(21)11-14)30-10-2-9-28/h3-8,11,28H,2,9-10,12H2,1H3. The summed E-state index contributed by atoms with van der Waals surface area (Å²) in [5, 5.41) is 8.28. The van der Waals surface area contributed by atoms with Crippen LogP contribution in [0.2, 0.25) is 5.02 Å². The second kappa shape index (κ2) is 9.97. The molecule has 2 aromatic carbocycles. The fraction of sp³-hybridized carbons (Fsp3) is 0.400. The van der Waals surface area contributed by atoms with E-state index >= 15 is 0 Å². The van der Waals surface area contributed by atoms with Crippen molar-refractivity contribution in [2.24, 2.45) is 0 Å². The summed E-state index contributed by atoms with van der Waals surface area (Å²) in [5.41, 5.74) is -5.78. The Kier molecular flexibility index (Phi) is 8.07. The number of methoxy groups -OCH3 is 1. The number of ether oxygens (including phenoxy) is 3. The molecule has 1 N–H and O–H groups in total. The maximum absolute atomic E-state index is 13.9. The third-order valence-corrected chi connectivity index (χ3v) is 4.61. The van der Waals surface area contributed by atoms with Crippen molar-refractivity contribution in [1.82, 2.24) is 0 Å². The lowest BCUT2D eigenvalue weighted by Gasteiger charge is -2.37. The zero-order chi connectivity index (χ0) is 23.3. The number of halogens is 7. The number of aliphatic hydroxyl groups excluding tert-OH is 1. The van der Waals surface area contributed by atoms with Crippen LogP contribution in [0.25, 0.3) is 0 Å². The molecule has 0 spiro atoms. The van der Waals surface area contributed by atoms with Gasteiger partial charge in [-0.25, -0.2) is 0 Å². The lowest BCUT2D eigenvalue weighted by molar-refractivity contribution is -0.392. The molecule has 0 atom stereocenters. The van der Waals surface area contributed by atoms with E-state index < -0.39 is 35.1 Å². The molecule has 0 aromatic heterocycles. The smallest absolute Gasteiger partial charge is 0.430 e. The lowest BCUT2D eigenvalue weighted by Crippen LogP contribution is -2.55. The molecule has 0 heterocycles. The zero-order valence-corrected chi connectivity index (χ0v) is 16.9. The highest BCUT2D eigenvalue weighted by Crippen LogP contribution is 2.54. The Labute approximate surface area is 179 Å². The van der Waals surface area contributed by atoms with Crippen molar-refractivity contribution < 1.29 is 45.7 Å². The van der Waals surface area contributed by atoms with Gasteiger partial charge in [0.25, 0.3) is 5.60 Å².